The van der Waals surface area contributed by atoms with Crippen LogP contribution in [0.4, 0.5) is 0 Å². The van der Waals surface area contributed by atoms with Crippen LogP contribution in [0, 0.1) is 17.9 Å². The third-order valence-electron chi connectivity index (χ3n) is 0.606. The summed E-state index contributed by atoms with van der Waals surface area (Å²) in [6.07, 6.45) is 1.54. The van der Waals surface area contributed by atoms with Crippen LogP contribution in [0.15, 0.2) is 11.8 Å². The summed E-state index contributed by atoms with van der Waals surface area (Å²) in [4.78, 5) is 0. The van der Waals surface area contributed by atoms with Crippen molar-refractivity contribution in [1.82, 2.24) is 10.9 Å². The largest absolute Gasteiger partial charge is 0.312 e. The van der Waals surface area contributed by atoms with Crippen LogP contribution in [0.2, 0.25) is 0 Å². The van der Waals surface area contributed by atoms with E-state index in [2.05, 4.69) is 17.4 Å². The highest BCUT2D eigenvalue weighted by Crippen LogP contribution is 1.90. The van der Waals surface area contributed by atoms with Gasteiger partial charge in [-0.15, -0.1) is 0 Å². The van der Waals surface area contributed by atoms with Gasteiger partial charge in [-0.25, -0.2) is 5.43 Å². The average Bonchev–Trinajstić information content (AvgIpc) is 2.14. The van der Waals surface area contributed by atoms with Gasteiger partial charge in [0.25, 0.3) is 0 Å². The van der Waals surface area contributed by atoms with Crippen molar-refractivity contribution >= 4 is 0 Å². The molecule has 3 nitrogen and oxygen atoms in total. The van der Waals surface area contributed by atoms with Crippen LogP contribution in [0.5, 0.6) is 0 Å². The normalized spacial score (nSPS) is 17.3. The number of hydrogen-bond donors (Lipinski definition) is 2. The van der Waals surface area contributed by atoms with E-state index in [1.54, 1.807) is 6.08 Å². The molecular formula is C4H3N3. The van der Waals surface area contributed by atoms with Gasteiger partial charge in [-0.3, -0.25) is 0 Å². The Morgan fingerprint density at radius 3 is 3.00 bits per heavy atom. The molecule has 1 aliphatic heterocycles. The fourth-order valence-electron chi connectivity index (χ4n) is 0.308. The van der Waals surface area contributed by atoms with Gasteiger partial charge in [0.2, 0.25) is 0 Å². The summed E-state index contributed by atoms with van der Waals surface area (Å²) in [6, 6.07) is 1.89. The van der Waals surface area contributed by atoms with Gasteiger partial charge in [0.05, 0.1) is 0 Å². The van der Waals surface area contributed by atoms with Crippen molar-refractivity contribution in [3.63, 3.8) is 0 Å². The van der Waals surface area contributed by atoms with Crippen molar-refractivity contribution < 1.29 is 0 Å². The van der Waals surface area contributed by atoms with Crippen LogP contribution in [-0.4, -0.2) is 0 Å². The Morgan fingerprint density at radius 1 is 1.86 bits per heavy atom. The van der Waals surface area contributed by atoms with Crippen LogP contribution >= 0.6 is 0 Å². The molecule has 0 aliphatic carbocycles. The maximum absolute atomic E-state index is 8.11. The molecule has 0 bridgehead atoms. The molecule has 7 heavy (non-hydrogen) atoms. The van der Waals surface area contributed by atoms with Gasteiger partial charge in [0.1, 0.15) is 18.3 Å². The first-order chi connectivity index (χ1) is 3.43. The van der Waals surface area contributed by atoms with E-state index in [1.165, 1.54) is 0 Å². The highest BCUT2D eigenvalue weighted by atomic mass is 15.4. The second kappa shape index (κ2) is 1.63. The molecule has 0 atom stereocenters. The Balaban J connectivity index is 2.57. The first-order valence-corrected chi connectivity index (χ1v) is 1.80. The monoisotopic (exact) mass is 93.0 g/mol. The Morgan fingerprint density at radius 2 is 2.71 bits per heavy atom. The van der Waals surface area contributed by atoms with Crippen LogP contribution in [0.1, 0.15) is 0 Å². The molecule has 3 heteroatoms. The van der Waals surface area contributed by atoms with Crippen LogP contribution in [0.25, 0.3) is 0 Å². The molecule has 0 unspecified atom stereocenters. The van der Waals surface area contributed by atoms with E-state index in [-0.39, 0.29) is 0 Å². The molecule has 2 N–H and O–H groups in total. The number of nitriles is 1. The quantitative estimate of drug-likeness (QED) is 0.426. The molecule has 0 saturated carbocycles. The number of rotatable bonds is 0. The van der Waals surface area contributed by atoms with E-state index in [9.17, 15) is 0 Å². The van der Waals surface area contributed by atoms with Crippen molar-refractivity contribution in [3.8, 4) is 6.07 Å². The predicted octanol–water partition coefficient (Wildman–Crippen LogP) is -0.460. The Kier molecular flexibility index (Phi) is 0.966. The second-order valence-corrected chi connectivity index (χ2v) is 1.06. The molecule has 0 aromatic carbocycles. The van der Waals surface area contributed by atoms with E-state index in [0.717, 1.165) is 0 Å². The van der Waals surface area contributed by atoms with Crippen LogP contribution in [-0.2, 0) is 0 Å². The first kappa shape index (κ1) is 4.16. The number of allylic oxidation sites excluding steroid dienone is 1. The molecule has 0 amide bonds. The lowest BCUT2D eigenvalue weighted by molar-refractivity contribution is 0.761. The summed E-state index contributed by atoms with van der Waals surface area (Å²) in [7, 11) is 0. The van der Waals surface area contributed by atoms with Crippen LogP contribution in [0.3, 0.4) is 0 Å². The first-order valence-electron chi connectivity index (χ1n) is 1.80. The summed E-state index contributed by atoms with van der Waals surface area (Å²) in [5.41, 5.74) is 5.55. The maximum atomic E-state index is 8.11. The maximum Gasteiger partial charge on any atom is 0.125 e. The topological polar surface area (TPSA) is 47.9 Å². The van der Waals surface area contributed by atoms with Gasteiger partial charge in [0, 0.05) is 0 Å². The van der Waals surface area contributed by atoms with Crippen molar-refractivity contribution in [2.24, 2.45) is 0 Å². The zero-order chi connectivity index (χ0) is 5.11. The van der Waals surface area contributed by atoms with E-state index >= 15 is 0 Å². The summed E-state index contributed by atoms with van der Waals surface area (Å²) in [5, 5.41) is 8.11. The minimum Gasteiger partial charge on any atom is -0.312 e. The lowest BCUT2D eigenvalue weighted by Crippen LogP contribution is -2.20. The van der Waals surface area contributed by atoms with Crippen molar-refractivity contribution in [1.29, 1.82) is 5.26 Å². The zero-order valence-corrected chi connectivity index (χ0v) is 3.52. The average molecular weight is 93.1 g/mol. The second-order valence-electron chi connectivity index (χ2n) is 1.06. The molecule has 1 rings (SSSR count). The SMILES string of the molecule is N#CC1=C[C]NN1. The van der Waals surface area contributed by atoms with Gasteiger partial charge in [0.15, 0.2) is 0 Å². The highest BCUT2D eigenvalue weighted by molar-refractivity contribution is 5.24. The smallest absolute Gasteiger partial charge is 0.125 e. The molecule has 0 aromatic heterocycles. The fourth-order valence-corrected chi connectivity index (χ4v) is 0.308. The third-order valence-corrected chi connectivity index (χ3v) is 0.606. The van der Waals surface area contributed by atoms with E-state index in [1.807, 2.05) is 6.07 Å². The Labute approximate surface area is 41.6 Å². The Hall–Kier alpha value is -1.01. The summed E-state index contributed by atoms with van der Waals surface area (Å²) in [5.74, 6) is 0. The molecule has 0 aromatic rings. The zero-order valence-electron chi connectivity index (χ0n) is 3.52. The lowest BCUT2D eigenvalue weighted by Gasteiger charge is -1.88. The molecule has 0 fully saturated rings. The molecule has 0 spiro atoms. The van der Waals surface area contributed by atoms with Gasteiger partial charge in [-0.2, -0.15) is 5.26 Å². The molecule has 0 saturated heterocycles. The molecule has 1 aliphatic rings. The minimum absolute atomic E-state index is 0.500. The number of hydrogen-bond acceptors (Lipinski definition) is 3. The highest BCUT2D eigenvalue weighted by Gasteiger charge is 1.98. The van der Waals surface area contributed by atoms with Gasteiger partial charge in [-0.05, 0) is 6.08 Å². The van der Waals surface area contributed by atoms with Gasteiger partial charge < -0.3 is 5.43 Å². The molecular weight excluding hydrogens is 90.1 g/mol. The molecule has 34 valence electrons. The Bertz CT molecular complexity index is 130. The number of hydrazine groups is 1. The van der Waals surface area contributed by atoms with Gasteiger partial charge >= 0.3 is 0 Å². The number of nitrogens with one attached hydrogen (secondary N) is 2. The van der Waals surface area contributed by atoms with E-state index in [4.69, 9.17) is 5.26 Å². The molecule has 2 radical (unpaired) electrons. The predicted molar refractivity (Wildman–Crippen MR) is 23.2 cm³/mol. The standard InChI is InChI=1S/C4H3N3/c5-3-4-1-2-6-7-4/h1,6-7H. The van der Waals surface area contributed by atoms with E-state index < -0.39 is 0 Å². The fraction of sp³-hybridized carbons (Fsp3) is 0. The summed E-state index contributed by atoms with van der Waals surface area (Å²) >= 11 is 0. The number of nitrogens with zero attached hydrogens (tertiary/aromatic N) is 1. The molecule has 1 heterocycles. The lowest BCUT2D eigenvalue weighted by atomic mass is 10.5. The van der Waals surface area contributed by atoms with Crippen molar-refractivity contribution in [3.05, 3.63) is 18.3 Å². The van der Waals surface area contributed by atoms with Gasteiger partial charge in [-0.1, -0.05) is 0 Å². The van der Waals surface area contributed by atoms with Crippen molar-refractivity contribution in [2.45, 2.75) is 0 Å². The minimum atomic E-state index is 0.500. The van der Waals surface area contributed by atoms with Crippen molar-refractivity contribution in [2.75, 3.05) is 0 Å². The van der Waals surface area contributed by atoms with E-state index in [0.29, 0.717) is 5.70 Å². The van der Waals surface area contributed by atoms with Crippen LogP contribution < -0.4 is 10.9 Å². The summed E-state index contributed by atoms with van der Waals surface area (Å²) < 4.78 is 0. The third kappa shape index (κ3) is 0.699. The summed E-state index contributed by atoms with van der Waals surface area (Å²) in [6.45, 7) is 2.58.